The minimum atomic E-state index is -3.19. The van der Waals surface area contributed by atoms with Crippen LogP contribution in [0.4, 0.5) is 14.5 Å². The van der Waals surface area contributed by atoms with E-state index >= 15 is 0 Å². The molecule has 122 valence electrons. The number of halogens is 2. The van der Waals surface area contributed by atoms with Crippen LogP contribution >= 0.6 is 0 Å². The fourth-order valence-corrected chi connectivity index (χ4v) is 2.34. The number of carbonyl (C=O) groups excluding carboxylic acids is 1. The predicted molar refractivity (Wildman–Crippen MR) is 86.0 cm³/mol. The summed E-state index contributed by atoms with van der Waals surface area (Å²) in [6.07, 6.45) is 0.540. The molecular formula is C18H19F2NO2. The average Bonchev–Trinajstić information content (AvgIpc) is 2.60. The fourth-order valence-electron chi connectivity index (χ4n) is 2.34. The van der Waals surface area contributed by atoms with E-state index in [0.717, 1.165) is 0 Å². The van der Waals surface area contributed by atoms with Crippen LogP contribution in [0.2, 0.25) is 0 Å². The second-order valence-electron chi connectivity index (χ2n) is 5.33. The number of rotatable bonds is 7. The lowest BCUT2D eigenvalue weighted by Gasteiger charge is -2.31. The molecule has 0 spiro atoms. The van der Waals surface area contributed by atoms with Gasteiger partial charge < -0.3 is 14.8 Å². The summed E-state index contributed by atoms with van der Waals surface area (Å²) in [4.78, 5) is 11.1. The van der Waals surface area contributed by atoms with Gasteiger partial charge in [-0.15, -0.1) is 0 Å². The minimum absolute atomic E-state index is 0.125. The third kappa shape index (κ3) is 3.86. The van der Waals surface area contributed by atoms with Crippen LogP contribution in [0.1, 0.15) is 12.5 Å². The molecule has 0 fully saturated rings. The van der Waals surface area contributed by atoms with Gasteiger partial charge in [0, 0.05) is 17.2 Å². The molecule has 0 unspecified atom stereocenters. The molecule has 0 saturated heterocycles. The molecular weight excluding hydrogens is 300 g/mol. The largest absolute Gasteiger partial charge is 0.497 e. The zero-order chi connectivity index (χ0) is 16.9. The minimum Gasteiger partial charge on any atom is -0.497 e. The summed E-state index contributed by atoms with van der Waals surface area (Å²) in [5.74, 6) is -3.43. The molecule has 0 aromatic heterocycles. The number of alkyl halides is 2. The average molecular weight is 319 g/mol. The summed E-state index contributed by atoms with van der Waals surface area (Å²) in [7, 11) is 1.53. The standard InChI is InChI=1S/C18H19F2NO2/c1-13(12-22)17(18(19,20)14-6-4-3-5-7-14)21-15-8-10-16(23-2)11-9-15/h3-13,17,21H,1-2H3/t13-,17+/m1/s1. The Morgan fingerprint density at radius 2 is 1.70 bits per heavy atom. The highest BCUT2D eigenvalue weighted by Gasteiger charge is 2.44. The van der Waals surface area contributed by atoms with Gasteiger partial charge in [0.25, 0.3) is 5.92 Å². The second-order valence-corrected chi connectivity index (χ2v) is 5.33. The number of aldehydes is 1. The highest BCUT2D eigenvalue weighted by Crippen LogP contribution is 2.36. The first kappa shape index (κ1) is 16.9. The van der Waals surface area contributed by atoms with Gasteiger partial charge in [-0.25, -0.2) is 0 Å². The van der Waals surface area contributed by atoms with Crippen LogP contribution in [0, 0.1) is 5.92 Å². The Hall–Kier alpha value is -2.43. The van der Waals surface area contributed by atoms with Crippen molar-refractivity contribution in [3.05, 3.63) is 60.2 Å². The highest BCUT2D eigenvalue weighted by atomic mass is 19.3. The first-order chi connectivity index (χ1) is 11.0. The quantitative estimate of drug-likeness (QED) is 0.781. The lowest BCUT2D eigenvalue weighted by Crippen LogP contribution is -2.43. The number of methoxy groups -OCH3 is 1. The molecule has 0 bridgehead atoms. The van der Waals surface area contributed by atoms with Gasteiger partial charge in [0.2, 0.25) is 0 Å². The molecule has 0 saturated carbocycles. The summed E-state index contributed by atoms with van der Waals surface area (Å²) in [6, 6.07) is 12.8. The third-order valence-corrected chi connectivity index (χ3v) is 3.70. The van der Waals surface area contributed by atoms with E-state index in [1.165, 1.54) is 26.2 Å². The van der Waals surface area contributed by atoms with Gasteiger partial charge in [0.05, 0.1) is 7.11 Å². The second kappa shape index (κ2) is 7.22. The summed E-state index contributed by atoms with van der Waals surface area (Å²) in [5.41, 5.74) is 0.375. The number of carbonyl (C=O) groups is 1. The molecule has 0 aliphatic heterocycles. The summed E-state index contributed by atoms with van der Waals surface area (Å²) < 4.78 is 34.7. The normalized spacial score (nSPS) is 13.9. The predicted octanol–water partition coefficient (Wildman–Crippen LogP) is 4.10. The van der Waals surface area contributed by atoms with Crippen molar-refractivity contribution >= 4 is 12.0 Å². The maximum atomic E-state index is 14.8. The van der Waals surface area contributed by atoms with Gasteiger partial charge in [-0.3, -0.25) is 0 Å². The molecule has 2 rings (SSSR count). The molecule has 0 radical (unpaired) electrons. The van der Waals surface area contributed by atoms with E-state index in [-0.39, 0.29) is 5.56 Å². The van der Waals surface area contributed by atoms with Crippen molar-refractivity contribution in [2.75, 3.05) is 12.4 Å². The van der Waals surface area contributed by atoms with E-state index < -0.39 is 17.9 Å². The number of nitrogens with one attached hydrogen (secondary N) is 1. The third-order valence-electron chi connectivity index (χ3n) is 3.70. The lowest BCUT2D eigenvalue weighted by atomic mass is 9.91. The number of hydrogen-bond donors (Lipinski definition) is 1. The maximum absolute atomic E-state index is 14.8. The molecule has 2 aromatic rings. The Balaban J connectivity index is 2.31. The molecule has 0 aliphatic rings. The molecule has 5 heteroatoms. The Bertz CT molecular complexity index is 629. The molecule has 2 atom stereocenters. The van der Waals surface area contributed by atoms with Gasteiger partial charge >= 0.3 is 0 Å². The van der Waals surface area contributed by atoms with E-state index in [9.17, 15) is 13.6 Å². The molecule has 2 aromatic carbocycles. The Morgan fingerprint density at radius 1 is 1.09 bits per heavy atom. The van der Waals surface area contributed by atoms with E-state index in [2.05, 4.69) is 5.32 Å². The highest BCUT2D eigenvalue weighted by molar-refractivity contribution is 5.58. The summed E-state index contributed by atoms with van der Waals surface area (Å²) >= 11 is 0. The van der Waals surface area contributed by atoms with Crippen molar-refractivity contribution in [3.8, 4) is 5.75 Å². The van der Waals surface area contributed by atoms with Gasteiger partial charge in [-0.05, 0) is 24.3 Å². The van der Waals surface area contributed by atoms with Gasteiger partial charge in [0.1, 0.15) is 18.1 Å². The van der Waals surface area contributed by atoms with Crippen molar-refractivity contribution in [1.82, 2.24) is 0 Å². The topological polar surface area (TPSA) is 38.3 Å². The summed E-state index contributed by atoms with van der Waals surface area (Å²) in [6.45, 7) is 1.48. The van der Waals surface area contributed by atoms with Crippen molar-refractivity contribution in [3.63, 3.8) is 0 Å². The van der Waals surface area contributed by atoms with Crippen LogP contribution in [0.15, 0.2) is 54.6 Å². The van der Waals surface area contributed by atoms with Crippen molar-refractivity contribution in [1.29, 1.82) is 0 Å². The number of anilines is 1. The molecule has 1 N–H and O–H groups in total. The number of benzene rings is 2. The van der Waals surface area contributed by atoms with E-state index in [1.807, 2.05) is 0 Å². The smallest absolute Gasteiger partial charge is 0.293 e. The van der Waals surface area contributed by atoms with E-state index in [4.69, 9.17) is 4.74 Å². The van der Waals surface area contributed by atoms with Crippen LogP contribution in [-0.4, -0.2) is 19.4 Å². The SMILES string of the molecule is COc1ccc(N[C@@H]([C@H](C)C=O)C(F)(F)c2ccccc2)cc1. The van der Waals surface area contributed by atoms with Crippen LogP contribution < -0.4 is 10.1 Å². The first-order valence-electron chi connectivity index (χ1n) is 7.28. The van der Waals surface area contributed by atoms with Crippen LogP contribution in [0.25, 0.3) is 0 Å². The lowest BCUT2D eigenvalue weighted by molar-refractivity contribution is -0.115. The molecule has 3 nitrogen and oxygen atoms in total. The zero-order valence-electron chi connectivity index (χ0n) is 13.0. The van der Waals surface area contributed by atoms with Crippen molar-refractivity contribution in [2.45, 2.75) is 18.9 Å². The Labute approximate surface area is 134 Å². The Morgan fingerprint density at radius 3 is 2.22 bits per heavy atom. The maximum Gasteiger partial charge on any atom is 0.293 e. The van der Waals surface area contributed by atoms with Crippen LogP contribution in [0.3, 0.4) is 0 Å². The van der Waals surface area contributed by atoms with E-state index in [1.54, 1.807) is 42.5 Å². The van der Waals surface area contributed by atoms with Crippen molar-refractivity contribution < 1.29 is 18.3 Å². The number of hydrogen-bond acceptors (Lipinski definition) is 3. The molecule has 0 amide bonds. The Kier molecular flexibility index (Phi) is 5.32. The monoisotopic (exact) mass is 319 g/mol. The van der Waals surface area contributed by atoms with E-state index in [0.29, 0.717) is 17.7 Å². The molecule has 0 aliphatic carbocycles. The number of ether oxygens (including phenoxy) is 1. The first-order valence-corrected chi connectivity index (χ1v) is 7.28. The van der Waals surface area contributed by atoms with Gasteiger partial charge in [0.15, 0.2) is 0 Å². The fraction of sp³-hybridized carbons (Fsp3) is 0.278. The van der Waals surface area contributed by atoms with Gasteiger partial charge in [-0.2, -0.15) is 8.78 Å². The zero-order valence-corrected chi connectivity index (χ0v) is 13.0. The van der Waals surface area contributed by atoms with Crippen LogP contribution in [-0.2, 0) is 10.7 Å². The molecule has 23 heavy (non-hydrogen) atoms. The van der Waals surface area contributed by atoms with Crippen LogP contribution in [0.5, 0.6) is 5.75 Å². The summed E-state index contributed by atoms with van der Waals surface area (Å²) in [5, 5.41) is 2.78. The molecule has 0 heterocycles. The van der Waals surface area contributed by atoms with Crippen molar-refractivity contribution in [2.24, 2.45) is 5.92 Å². The van der Waals surface area contributed by atoms with Gasteiger partial charge in [-0.1, -0.05) is 37.3 Å².